The molecule has 1 atom stereocenters. The summed E-state index contributed by atoms with van der Waals surface area (Å²) in [4.78, 5) is 31.2. The van der Waals surface area contributed by atoms with Crippen molar-refractivity contribution in [3.8, 4) is 0 Å². The predicted octanol–water partition coefficient (Wildman–Crippen LogP) is 3.25. The third-order valence-electron chi connectivity index (χ3n) is 5.04. The van der Waals surface area contributed by atoms with Crippen molar-refractivity contribution < 1.29 is 13.9 Å². The van der Waals surface area contributed by atoms with Gasteiger partial charge in [0.15, 0.2) is 4.80 Å². The lowest BCUT2D eigenvalue weighted by molar-refractivity contribution is -0.139. The minimum Gasteiger partial charge on any atom is -0.463 e. The van der Waals surface area contributed by atoms with E-state index in [1.165, 1.54) is 28.0 Å². The molecule has 7 heteroatoms. The highest BCUT2D eigenvalue weighted by Crippen LogP contribution is 2.30. The van der Waals surface area contributed by atoms with Gasteiger partial charge in [-0.1, -0.05) is 53.3 Å². The van der Waals surface area contributed by atoms with Crippen molar-refractivity contribution in [1.29, 1.82) is 0 Å². The van der Waals surface area contributed by atoms with Crippen molar-refractivity contribution in [3.05, 3.63) is 102 Å². The van der Waals surface area contributed by atoms with Crippen LogP contribution < -0.4 is 14.9 Å². The zero-order valence-corrected chi connectivity index (χ0v) is 18.2. The van der Waals surface area contributed by atoms with Crippen LogP contribution in [0.15, 0.2) is 69.6 Å². The minimum absolute atomic E-state index is 0.198. The molecule has 0 bridgehead atoms. The molecule has 1 aromatic heterocycles. The summed E-state index contributed by atoms with van der Waals surface area (Å²) in [5.41, 5.74) is 3.12. The van der Waals surface area contributed by atoms with E-state index in [0.29, 0.717) is 20.6 Å². The van der Waals surface area contributed by atoms with Crippen molar-refractivity contribution in [2.75, 3.05) is 6.61 Å². The zero-order chi connectivity index (χ0) is 22.1. The van der Waals surface area contributed by atoms with Gasteiger partial charge >= 0.3 is 5.97 Å². The summed E-state index contributed by atoms with van der Waals surface area (Å²) in [6, 6.07) is 12.9. The minimum atomic E-state index is -0.740. The molecule has 3 aromatic rings. The van der Waals surface area contributed by atoms with Crippen LogP contribution in [0.5, 0.6) is 0 Å². The molecule has 158 valence electrons. The highest BCUT2D eigenvalue weighted by atomic mass is 32.1. The van der Waals surface area contributed by atoms with E-state index in [0.717, 1.165) is 11.1 Å². The van der Waals surface area contributed by atoms with Gasteiger partial charge in [-0.25, -0.2) is 14.2 Å². The third-order valence-corrected chi connectivity index (χ3v) is 6.03. The van der Waals surface area contributed by atoms with Crippen molar-refractivity contribution >= 4 is 23.4 Å². The molecule has 31 heavy (non-hydrogen) atoms. The van der Waals surface area contributed by atoms with Gasteiger partial charge in [0, 0.05) is 0 Å². The fraction of sp³-hybridized carbons (Fsp3) is 0.208. The molecule has 2 heterocycles. The van der Waals surface area contributed by atoms with E-state index in [2.05, 4.69) is 4.99 Å². The molecular weight excluding hydrogens is 415 g/mol. The summed E-state index contributed by atoms with van der Waals surface area (Å²) in [6.07, 6.45) is 1.82. The first-order valence-electron chi connectivity index (χ1n) is 9.91. The standard InChI is InChI=1S/C24H21FN2O3S/c1-4-30-23(29)20-15(3)26-24-27(21(20)17-8-10-18(25)11-9-17)22(28)19(31-24)13-16-7-5-6-14(2)12-16/h5-13,21H,4H2,1-3H3/b19-13+/t21-/m1/s1. The number of carbonyl (C=O) groups excluding carboxylic acids is 1. The van der Waals surface area contributed by atoms with Crippen LogP contribution in [0, 0.1) is 12.7 Å². The molecule has 0 saturated heterocycles. The highest BCUT2D eigenvalue weighted by molar-refractivity contribution is 7.07. The number of allylic oxidation sites excluding steroid dienone is 1. The molecule has 0 N–H and O–H groups in total. The van der Waals surface area contributed by atoms with E-state index in [1.54, 1.807) is 26.0 Å². The smallest absolute Gasteiger partial charge is 0.338 e. The van der Waals surface area contributed by atoms with Gasteiger partial charge in [-0.2, -0.15) is 0 Å². The van der Waals surface area contributed by atoms with Crippen LogP contribution >= 0.6 is 11.3 Å². The number of halogens is 1. The normalized spacial score (nSPS) is 16.1. The average molecular weight is 437 g/mol. The zero-order valence-electron chi connectivity index (χ0n) is 17.4. The van der Waals surface area contributed by atoms with E-state index in [1.807, 2.05) is 37.3 Å². The second kappa shape index (κ2) is 8.43. The molecule has 1 aliphatic rings. The Morgan fingerprint density at radius 2 is 1.97 bits per heavy atom. The van der Waals surface area contributed by atoms with E-state index in [9.17, 15) is 14.0 Å². The van der Waals surface area contributed by atoms with Gasteiger partial charge in [0.25, 0.3) is 5.56 Å². The number of carbonyl (C=O) groups is 1. The molecule has 0 amide bonds. The van der Waals surface area contributed by atoms with E-state index in [4.69, 9.17) is 4.74 Å². The SMILES string of the molecule is CCOC(=O)C1=C(C)N=c2s/c(=C/c3cccc(C)c3)c(=O)n2[C@@H]1c1ccc(F)cc1. The quantitative estimate of drug-likeness (QED) is 0.590. The maximum atomic E-state index is 13.6. The van der Waals surface area contributed by atoms with E-state index >= 15 is 0 Å². The summed E-state index contributed by atoms with van der Waals surface area (Å²) in [7, 11) is 0. The van der Waals surface area contributed by atoms with Crippen molar-refractivity contribution in [2.45, 2.75) is 26.8 Å². The van der Waals surface area contributed by atoms with Gasteiger partial charge in [0.05, 0.1) is 28.5 Å². The maximum absolute atomic E-state index is 13.6. The lowest BCUT2D eigenvalue weighted by atomic mass is 9.96. The third kappa shape index (κ3) is 4.01. The number of aryl methyl sites for hydroxylation is 1. The first kappa shape index (κ1) is 20.9. The first-order valence-corrected chi connectivity index (χ1v) is 10.7. The number of rotatable bonds is 4. The Morgan fingerprint density at radius 1 is 1.23 bits per heavy atom. The molecule has 4 rings (SSSR count). The van der Waals surface area contributed by atoms with Crippen LogP contribution in [0.3, 0.4) is 0 Å². The predicted molar refractivity (Wildman–Crippen MR) is 118 cm³/mol. The van der Waals surface area contributed by atoms with Crippen molar-refractivity contribution in [3.63, 3.8) is 0 Å². The van der Waals surface area contributed by atoms with E-state index < -0.39 is 17.8 Å². The number of fused-ring (bicyclic) bond motifs is 1. The van der Waals surface area contributed by atoms with Crippen LogP contribution in [-0.2, 0) is 9.53 Å². The number of ether oxygens (including phenoxy) is 1. The summed E-state index contributed by atoms with van der Waals surface area (Å²) in [5, 5.41) is 0. The molecule has 1 aliphatic heterocycles. The number of hydrogen-bond donors (Lipinski definition) is 0. The first-order chi connectivity index (χ1) is 14.9. The Balaban J connectivity index is 1.96. The number of hydrogen-bond acceptors (Lipinski definition) is 5. The van der Waals surface area contributed by atoms with Crippen molar-refractivity contribution in [1.82, 2.24) is 4.57 Å². The van der Waals surface area contributed by atoms with Crippen LogP contribution in [0.2, 0.25) is 0 Å². The van der Waals surface area contributed by atoms with Crippen LogP contribution in [0.1, 0.15) is 36.6 Å². The second-order valence-corrected chi connectivity index (χ2v) is 8.28. The highest BCUT2D eigenvalue weighted by Gasteiger charge is 2.33. The molecule has 0 radical (unpaired) electrons. The Bertz CT molecular complexity index is 1370. The largest absolute Gasteiger partial charge is 0.463 e. The molecule has 0 aliphatic carbocycles. The summed E-state index contributed by atoms with van der Waals surface area (Å²) in [6.45, 7) is 5.63. The van der Waals surface area contributed by atoms with Gasteiger partial charge in [-0.3, -0.25) is 9.36 Å². The van der Waals surface area contributed by atoms with Gasteiger partial charge in [-0.05, 0) is 50.1 Å². The number of aromatic nitrogens is 1. The number of esters is 1. The Hall–Kier alpha value is -3.32. The molecule has 0 unspecified atom stereocenters. The molecule has 5 nitrogen and oxygen atoms in total. The lowest BCUT2D eigenvalue weighted by Gasteiger charge is -2.24. The molecule has 0 saturated carbocycles. The maximum Gasteiger partial charge on any atom is 0.338 e. The molecular formula is C24H21FN2O3S. The van der Waals surface area contributed by atoms with Gasteiger partial charge in [0.2, 0.25) is 0 Å². The summed E-state index contributed by atoms with van der Waals surface area (Å²) in [5.74, 6) is -0.931. The average Bonchev–Trinajstić information content (AvgIpc) is 3.02. The molecule has 2 aromatic carbocycles. The number of benzene rings is 2. The second-order valence-electron chi connectivity index (χ2n) is 7.27. The lowest BCUT2D eigenvalue weighted by Crippen LogP contribution is -2.39. The topological polar surface area (TPSA) is 60.7 Å². The van der Waals surface area contributed by atoms with Gasteiger partial charge in [-0.15, -0.1) is 0 Å². The Labute approximate surface area is 182 Å². The van der Waals surface area contributed by atoms with Crippen LogP contribution in [0.25, 0.3) is 6.08 Å². The van der Waals surface area contributed by atoms with Crippen LogP contribution in [-0.4, -0.2) is 17.1 Å². The van der Waals surface area contributed by atoms with Gasteiger partial charge in [0.1, 0.15) is 5.82 Å². The van der Waals surface area contributed by atoms with Crippen LogP contribution in [0.4, 0.5) is 4.39 Å². The fourth-order valence-corrected chi connectivity index (χ4v) is 4.71. The molecule has 0 spiro atoms. The van der Waals surface area contributed by atoms with E-state index in [-0.39, 0.29) is 17.7 Å². The fourth-order valence-electron chi connectivity index (χ4n) is 3.66. The van der Waals surface area contributed by atoms with Gasteiger partial charge < -0.3 is 4.74 Å². The Morgan fingerprint density at radius 3 is 2.65 bits per heavy atom. The Kier molecular flexibility index (Phi) is 5.69. The number of nitrogens with zero attached hydrogens (tertiary/aromatic N) is 2. The number of thiazole rings is 1. The summed E-state index contributed by atoms with van der Waals surface area (Å²) >= 11 is 1.26. The van der Waals surface area contributed by atoms with Crippen molar-refractivity contribution in [2.24, 2.45) is 4.99 Å². The summed E-state index contributed by atoms with van der Waals surface area (Å²) < 4.78 is 20.8. The monoisotopic (exact) mass is 436 g/mol. The molecule has 0 fully saturated rings.